The predicted molar refractivity (Wildman–Crippen MR) is 65.2 cm³/mol. The molecule has 0 bridgehead atoms. The first-order valence-electron chi connectivity index (χ1n) is 4.68. The Morgan fingerprint density at radius 3 is 2.94 bits per heavy atom. The fourth-order valence-corrected chi connectivity index (χ4v) is 2.87. The molecule has 7 heteroatoms. The summed E-state index contributed by atoms with van der Waals surface area (Å²) in [4.78, 5) is 12.4. The number of aryl methyl sites for hydroxylation is 1. The molecule has 0 spiro atoms. The van der Waals surface area contributed by atoms with Gasteiger partial charge in [-0.2, -0.15) is 4.37 Å². The third kappa shape index (κ3) is 2.50. The van der Waals surface area contributed by atoms with Crippen LogP contribution >= 0.6 is 34.9 Å². The molecule has 0 aliphatic rings. The van der Waals surface area contributed by atoms with Gasteiger partial charge in [0.2, 0.25) is 0 Å². The van der Waals surface area contributed by atoms with E-state index in [9.17, 15) is 0 Å². The molecule has 2 aromatic rings. The van der Waals surface area contributed by atoms with Gasteiger partial charge in [-0.1, -0.05) is 18.5 Å². The third-order valence-electron chi connectivity index (χ3n) is 1.93. The minimum Gasteiger partial charge on any atom is -0.229 e. The molecule has 4 nitrogen and oxygen atoms in total. The molecule has 84 valence electrons. The van der Waals surface area contributed by atoms with Crippen LogP contribution in [0, 0.1) is 6.92 Å². The second kappa shape index (κ2) is 5.07. The van der Waals surface area contributed by atoms with Crippen molar-refractivity contribution in [2.45, 2.75) is 29.6 Å². The first-order valence-corrected chi connectivity index (χ1v) is 6.65. The highest BCUT2D eigenvalue weighted by Crippen LogP contribution is 2.31. The minimum atomic E-state index is 0.484. The van der Waals surface area contributed by atoms with Crippen molar-refractivity contribution < 1.29 is 0 Å². The van der Waals surface area contributed by atoms with Crippen molar-refractivity contribution in [2.75, 3.05) is 0 Å². The molecule has 0 amide bonds. The largest absolute Gasteiger partial charge is 0.229 e. The topological polar surface area (TPSA) is 51.6 Å². The van der Waals surface area contributed by atoms with E-state index in [1.54, 1.807) is 0 Å². The van der Waals surface area contributed by atoms with Crippen LogP contribution in [0.4, 0.5) is 0 Å². The summed E-state index contributed by atoms with van der Waals surface area (Å²) in [5.74, 6) is 0.866. The van der Waals surface area contributed by atoms with Gasteiger partial charge in [0.1, 0.15) is 22.3 Å². The van der Waals surface area contributed by atoms with E-state index in [0.717, 1.165) is 27.2 Å². The molecule has 2 heterocycles. The minimum absolute atomic E-state index is 0.484. The molecule has 0 aliphatic heterocycles. The van der Waals surface area contributed by atoms with Crippen LogP contribution in [-0.4, -0.2) is 19.3 Å². The van der Waals surface area contributed by atoms with Crippen molar-refractivity contribution in [2.24, 2.45) is 0 Å². The highest BCUT2D eigenvalue weighted by molar-refractivity contribution is 8.00. The Bertz CT molecular complexity index is 500. The van der Waals surface area contributed by atoms with E-state index in [1.807, 2.05) is 13.8 Å². The lowest BCUT2D eigenvalue weighted by Gasteiger charge is -2.01. The Kier molecular flexibility index (Phi) is 3.73. The van der Waals surface area contributed by atoms with Crippen LogP contribution in [0.3, 0.4) is 0 Å². The Morgan fingerprint density at radius 1 is 1.44 bits per heavy atom. The molecule has 0 saturated carbocycles. The normalized spacial score (nSPS) is 10.7. The smallest absolute Gasteiger partial charge is 0.176 e. The molecule has 0 atom stereocenters. The predicted octanol–water partition coefficient (Wildman–Crippen LogP) is 3.00. The van der Waals surface area contributed by atoms with Gasteiger partial charge < -0.3 is 0 Å². The summed E-state index contributed by atoms with van der Waals surface area (Å²) in [5, 5.41) is 1.32. The zero-order chi connectivity index (χ0) is 11.5. The number of hydrogen-bond donors (Lipinski definition) is 0. The standard InChI is InChI=1S/C9H9ClN4S2/c1-3-6-13-9(16-14-6)15-8-5(2)7(10)11-4-12-8/h4H,3H2,1-2H3. The highest BCUT2D eigenvalue weighted by Gasteiger charge is 2.10. The zero-order valence-electron chi connectivity index (χ0n) is 8.77. The quantitative estimate of drug-likeness (QED) is 0.804. The molecule has 2 aromatic heterocycles. The molecular weight excluding hydrogens is 264 g/mol. The van der Waals surface area contributed by atoms with Crippen molar-refractivity contribution in [1.29, 1.82) is 0 Å². The van der Waals surface area contributed by atoms with Gasteiger partial charge >= 0.3 is 0 Å². The maximum absolute atomic E-state index is 5.92. The zero-order valence-corrected chi connectivity index (χ0v) is 11.2. The molecule has 0 saturated heterocycles. The van der Waals surface area contributed by atoms with E-state index < -0.39 is 0 Å². The first-order chi connectivity index (χ1) is 7.70. The number of aromatic nitrogens is 4. The van der Waals surface area contributed by atoms with Crippen LogP contribution in [0.1, 0.15) is 18.3 Å². The van der Waals surface area contributed by atoms with Crippen LogP contribution in [0.2, 0.25) is 5.15 Å². The molecule has 0 N–H and O–H groups in total. The average Bonchev–Trinajstić information content (AvgIpc) is 2.73. The summed E-state index contributed by atoms with van der Waals surface area (Å²) in [6.07, 6.45) is 2.31. The van der Waals surface area contributed by atoms with Gasteiger partial charge in [-0.05, 0) is 30.2 Å². The molecule has 2 rings (SSSR count). The van der Waals surface area contributed by atoms with E-state index in [0.29, 0.717) is 5.15 Å². The third-order valence-corrected chi connectivity index (χ3v) is 4.20. The monoisotopic (exact) mass is 272 g/mol. The van der Waals surface area contributed by atoms with Gasteiger partial charge in [-0.15, -0.1) is 0 Å². The summed E-state index contributed by atoms with van der Waals surface area (Å²) in [7, 11) is 0. The Labute approximate surface area is 107 Å². The van der Waals surface area contributed by atoms with E-state index in [2.05, 4.69) is 19.3 Å². The van der Waals surface area contributed by atoms with E-state index in [1.165, 1.54) is 29.6 Å². The molecule has 0 fully saturated rings. The van der Waals surface area contributed by atoms with Gasteiger partial charge in [0.15, 0.2) is 4.34 Å². The lowest BCUT2D eigenvalue weighted by molar-refractivity contribution is 0.965. The Morgan fingerprint density at radius 2 is 2.25 bits per heavy atom. The molecule has 0 aliphatic carbocycles. The van der Waals surface area contributed by atoms with E-state index >= 15 is 0 Å². The van der Waals surface area contributed by atoms with E-state index in [4.69, 9.17) is 11.6 Å². The maximum atomic E-state index is 5.92. The maximum Gasteiger partial charge on any atom is 0.176 e. The van der Waals surface area contributed by atoms with Crippen LogP contribution in [-0.2, 0) is 6.42 Å². The van der Waals surface area contributed by atoms with Gasteiger partial charge in [-0.3, -0.25) is 0 Å². The summed E-state index contributed by atoms with van der Waals surface area (Å²) in [6, 6.07) is 0. The molecule has 16 heavy (non-hydrogen) atoms. The van der Waals surface area contributed by atoms with Gasteiger partial charge in [0.05, 0.1) is 0 Å². The fraction of sp³-hybridized carbons (Fsp3) is 0.333. The van der Waals surface area contributed by atoms with Gasteiger partial charge in [0.25, 0.3) is 0 Å². The first kappa shape index (κ1) is 11.8. The summed E-state index contributed by atoms with van der Waals surface area (Å²) in [5.41, 5.74) is 0.877. The second-order valence-electron chi connectivity index (χ2n) is 3.03. The SMILES string of the molecule is CCc1nsc(Sc2ncnc(Cl)c2C)n1. The van der Waals surface area contributed by atoms with Gasteiger partial charge in [0, 0.05) is 12.0 Å². The molecular formula is C9H9ClN4S2. The fourth-order valence-electron chi connectivity index (χ4n) is 1.02. The Hall–Kier alpha value is -0.720. The van der Waals surface area contributed by atoms with Crippen LogP contribution in [0.15, 0.2) is 15.7 Å². The highest BCUT2D eigenvalue weighted by atomic mass is 35.5. The number of rotatable bonds is 3. The van der Waals surface area contributed by atoms with Crippen LogP contribution in [0.25, 0.3) is 0 Å². The summed E-state index contributed by atoms with van der Waals surface area (Å²) < 4.78 is 5.10. The van der Waals surface area contributed by atoms with Crippen molar-refractivity contribution in [3.63, 3.8) is 0 Å². The van der Waals surface area contributed by atoms with Crippen molar-refractivity contribution in [1.82, 2.24) is 19.3 Å². The lowest BCUT2D eigenvalue weighted by Crippen LogP contribution is -1.89. The van der Waals surface area contributed by atoms with E-state index in [-0.39, 0.29) is 0 Å². The molecule has 0 unspecified atom stereocenters. The Balaban J connectivity index is 2.23. The summed E-state index contributed by atoms with van der Waals surface area (Å²) in [6.45, 7) is 3.93. The average molecular weight is 273 g/mol. The van der Waals surface area contributed by atoms with Crippen molar-refractivity contribution in [3.05, 3.63) is 22.9 Å². The number of nitrogens with zero attached hydrogens (tertiary/aromatic N) is 4. The van der Waals surface area contributed by atoms with Crippen LogP contribution in [0.5, 0.6) is 0 Å². The molecule has 0 aromatic carbocycles. The lowest BCUT2D eigenvalue weighted by atomic mass is 10.4. The molecule has 0 radical (unpaired) electrons. The number of halogens is 1. The van der Waals surface area contributed by atoms with Crippen LogP contribution < -0.4 is 0 Å². The number of hydrogen-bond acceptors (Lipinski definition) is 6. The summed E-state index contributed by atoms with van der Waals surface area (Å²) >= 11 is 8.77. The van der Waals surface area contributed by atoms with Gasteiger partial charge in [-0.25, -0.2) is 15.0 Å². The second-order valence-corrected chi connectivity index (χ2v) is 5.37. The van der Waals surface area contributed by atoms with Crippen molar-refractivity contribution >= 4 is 34.9 Å². The van der Waals surface area contributed by atoms with Crippen molar-refractivity contribution in [3.8, 4) is 0 Å².